The fourth-order valence-corrected chi connectivity index (χ4v) is 6.09. The highest BCUT2D eigenvalue weighted by molar-refractivity contribution is 6.30. The predicted octanol–water partition coefficient (Wildman–Crippen LogP) is 6.39. The number of carbonyl (C=O) groups is 1. The van der Waals surface area contributed by atoms with E-state index in [1.165, 1.54) is 50.8 Å². The van der Waals surface area contributed by atoms with Gasteiger partial charge < -0.3 is 15.0 Å². The monoisotopic (exact) mass is 481 g/mol. The van der Waals surface area contributed by atoms with Crippen LogP contribution < -0.4 is 10.1 Å². The zero-order chi connectivity index (χ0) is 23.3. The maximum Gasteiger partial charge on any atom is 0.321 e. The van der Waals surface area contributed by atoms with Gasteiger partial charge in [-0.1, -0.05) is 30.2 Å². The zero-order valence-corrected chi connectivity index (χ0v) is 20.7. The third kappa shape index (κ3) is 5.69. The summed E-state index contributed by atoms with van der Waals surface area (Å²) in [5.74, 6) is 2.00. The van der Waals surface area contributed by atoms with E-state index in [9.17, 15) is 4.79 Å². The Morgan fingerprint density at radius 3 is 2.38 bits per heavy atom. The SMILES string of the molecule is O=C(Nc1ccc(OC[C@@H]2CCCN3CCCC[C@H]23)cc1)N1CCC(c2ccc(Cl)cc2)CC1. The Morgan fingerprint density at radius 2 is 1.62 bits per heavy atom. The summed E-state index contributed by atoms with van der Waals surface area (Å²) in [6.45, 7) is 4.83. The van der Waals surface area contributed by atoms with Gasteiger partial charge in [-0.3, -0.25) is 4.90 Å². The Balaban J connectivity index is 1.08. The molecule has 0 aromatic heterocycles. The topological polar surface area (TPSA) is 44.8 Å². The van der Waals surface area contributed by atoms with Gasteiger partial charge >= 0.3 is 6.03 Å². The van der Waals surface area contributed by atoms with E-state index in [-0.39, 0.29) is 6.03 Å². The van der Waals surface area contributed by atoms with Gasteiger partial charge in [0.15, 0.2) is 0 Å². The summed E-state index contributed by atoms with van der Waals surface area (Å²) >= 11 is 6.01. The number of urea groups is 1. The normalized spacial score (nSPS) is 23.9. The molecule has 3 aliphatic heterocycles. The molecule has 0 spiro atoms. The fraction of sp³-hybridized carbons (Fsp3) is 0.536. The van der Waals surface area contributed by atoms with Gasteiger partial charge in [-0.05, 0) is 99.5 Å². The molecule has 6 heteroatoms. The number of anilines is 1. The summed E-state index contributed by atoms with van der Waals surface area (Å²) in [5.41, 5.74) is 2.12. The van der Waals surface area contributed by atoms with Crippen molar-refractivity contribution in [3.05, 3.63) is 59.1 Å². The van der Waals surface area contributed by atoms with Gasteiger partial charge in [0.1, 0.15) is 5.75 Å². The summed E-state index contributed by atoms with van der Waals surface area (Å²) in [6, 6.07) is 16.6. The van der Waals surface area contributed by atoms with Gasteiger partial charge in [0.25, 0.3) is 0 Å². The van der Waals surface area contributed by atoms with Gasteiger partial charge in [-0.15, -0.1) is 0 Å². The minimum Gasteiger partial charge on any atom is -0.493 e. The Kier molecular flexibility index (Phi) is 7.60. The fourth-order valence-electron chi connectivity index (χ4n) is 5.96. The average Bonchev–Trinajstić information content (AvgIpc) is 2.89. The van der Waals surface area contributed by atoms with Crippen LogP contribution in [0.4, 0.5) is 10.5 Å². The number of halogens is 1. The van der Waals surface area contributed by atoms with Gasteiger partial charge in [0.2, 0.25) is 0 Å². The quantitative estimate of drug-likeness (QED) is 0.537. The van der Waals surface area contributed by atoms with E-state index >= 15 is 0 Å². The van der Waals surface area contributed by atoms with Crippen LogP contribution in [0.15, 0.2) is 48.5 Å². The molecule has 2 atom stereocenters. The molecular formula is C28H36ClN3O2. The van der Waals surface area contributed by atoms with Crippen molar-refractivity contribution in [1.82, 2.24) is 9.80 Å². The number of nitrogens with zero attached hydrogens (tertiary/aromatic N) is 2. The number of amides is 2. The zero-order valence-electron chi connectivity index (χ0n) is 19.9. The van der Waals surface area contributed by atoms with Crippen LogP contribution >= 0.6 is 11.6 Å². The Labute approximate surface area is 208 Å². The molecule has 5 rings (SSSR count). The molecule has 0 aliphatic carbocycles. The summed E-state index contributed by atoms with van der Waals surface area (Å²) in [6.07, 6.45) is 8.51. The van der Waals surface area contributed by atoms with Gasteiger partial charge in [-0.25, -0.2) is 4.79 Å². The van der Waals surface area contributed by atoms with Crippen molar-refractivity contribution >= 4 is 23.3 Å². The molecule has 0 bridgehead atoms. The van der Waals surface area contributed by atoms with Crippen molar-refractivity contribution in [3.63, 3.8) is 0 Å². The predicted molar refractivity (Wildman–Crippen MR) is 138 cm³/mol. The van der Waals surface area contributed by atoms with Crippen molar-refractivity contribution in [1.29, 1.82) is 0 Å². The summed E-state index contributed by atoms with van der Waals surface area (Å²) in [5, 5.41) is 3.82. The van der Waals surface area contributed by atoms with Crippen molar-refractivity contribution in [2.45, 2.75) is 56.9 Å². The highest BCUT2D eigenvalue weighted by atomic mass is 35.5. The maximum absolute atomic E-state index is 12.8. The molecule has 1 N–H and O–H groups in total. The molecule has 2 amide bonds. The third-order valence-corrected chi connectivity index (χ3v) is 8.17. The molecule has 3 heterocycles. The lowest BCUT2D eigenvalue weighted by Gasteiger charge is -2.44. The molecule has 5 nitrogen and oxygen atoms in total. The first kappa shape index (κ1) is 23.5. The number of ether oxygens (including phenoxy) is 1. The van der Waals surface area contributed by atoms with Crippen LogP contribution in [0.2, 0.25) is 5.02 Å². The minimum absolute atomic E-state index is 0.0252. The number of likely N-dealkylation sites (tertiary alicyclic amines) is 1. The highest BCUT2D eigenvalue weighted by Crippen LogP contribution is 2.32. The molecule has 3 fully saturated rings. The lowest BCUT2D eigenvalue weighted by Crippen LogP contribution is -2.49. The van der Waals surface area contributed by atoms with Gasteiger partial charge in [0, 0.05) is 35.8 Å². The average molecular weight is 482 g/mol. The van der Waals surface area contributed by atoms with Crippen LogP contribution in [0.5, 0.6) is 5.75 Å². The first-order valence-corrected chi connectivity index (χ1v) is 13.3. The lowest BCUT2D eigenvalue weighted by atomic mass is 9.84. The van der Waals surface area contributed by atoms with Crippen LogP contribution in [-0.2, 0) is 0 Å². The van der Waals surface area contributed by atoms with E-state index in [4.69, 9.17) is 16.3 Å². The van der Waals surface area contributed by atoms with Crippen LogP contribution in [0.3, 0.4) is 0 Å². The van der Waals surface area contributed by atoms with Gasteiger partial charge in [0.05, 0.1) is 6.61 Å². The number of piperidine rings is 3. The Bertz CT molecular complexity index is 939. The second-order valence-corrected chi connectivity index (χ2v) is 10.5. The van der Waals surface area contributed by atoms with Crippen LogP contribution in [0.1, 0.15) is 56.4 Å². The van der Waals surface area contributed by atoms with E-state index in [2.05, 4.69) is 22.3 Å². The van der Waals surface area contributed by atoms with Crippen LogP contribution in [0, 0.1) is 5.92 Å². The largest absolute Gasteiger partial charge is 0.493 e. The summed E-state index contributed by atoms with van der Waals surface area (Å²) < 4.78 is 6.17. The lowest BCUT2D eigenvalue weighted by molar-refractivity contribution is 0.0366. The van der Waals surface area contributed by atoms with E-state index in [0.717, 1.165) is 49.0 Å². The van der Waals surface area contributed by atoms with Crippen LogP contribution in [0.25, 0.3) is 0 Å². The van der Waals surface area contributed by atoms with Crippen molar-refractivity contribution < 1.29 is 9.53 Å². The number of hydrogen-bond donors (Lipinski definition) is 1. The van der Waals surface area contributed by atoms with Crippen molar-refractivity contribution in [2.24, 2.45) is 5.92 Å². The molecular weight excluding hydrogens is 446 g/mol. The summed E-state index contributed by atoms with van der Waals surface area (Å²) in [7, 11) is 0. The molecule has 3 saturated heterocycles. The second kappa shape index (κ2) is 11.0. The number of hydrogen-bond acceptors (Lipinski definition) is 3. The molecule has 0 radical (unpaired) electrons. The molecule has 0 unspecified atom stereocenters. The highest BCUT2D eigenvalue weighted by Gasteiger charge is 2.33. The van der Waals surface area contributed by atoms with Gasteiger partial charge in [-0.2, -0.15) is 0 Å². The number of fused-ring (bicyclic) bond motifs is 1. The van der Waals surface area contributed by atoms with E-state index in [1.54, 1.807) is 0 Å². The molecule has 182 valence electrons. The van der Waals surface area contributed by atoms with Crippen molar-refractivity contribution in [2.75, 3.05) is 38.1 Å². The smallest absolute Gasteiger partial charge is 0.321 e. The number of rotatable bonds is 5. The number of carbonyl (C=O) groups excluding carboxylic acids is 1. The Hall–Kier alpha value is -2.24. The second-order valence-electron chi connectivity index (χ2n) is 10.1. The molecule has 34 heavy (non-hydrogen) atoms. The van der Waals surface area contributed by atoms with E-state index in [0.29, 0.717) is 17.9 Å². The van der Waals surface area contributed by atoms with E-state index in [1.807, 2.05) is 41.3 Å². The maximum atomic E-state index is 12.8. The Morgan fingerprint density at radius 1 is 0.882 bits per heavy atom. The standard InChI is InChI=1S/C28H36ClN3O2/c29-24-8-6-21(7-9-24)22-14-18-32(19-15-22)28(33)30-25-10-12-26(13-11-25)34-20-23-4-3-17-31-16-2-1-5-27(23)31/h6-13,22-23,27H,1-5,14-20H2,(H,30,33)/t23-,27+/m0/s1. The molecule has 3 aliphatic rings. The minimum atomic E-state index is -0.0252. The molecule has 2 aromatic rings. The summed E-state index contributed by atoms with van der Waals surface area (Å²) in [4.78, 5) is 17.4. The van der Waals surface area contributed by atoms with E-state index < -0.39 is 0 Å². The van der Waals surface area contributed by atoms with Crippen molar-refractivity contribution in [3.8, 4) is 5.75 Å². The first-order chi connectivity index (χ1) is 16.7. The number of benzene rings is 2. The van der Waals surface area contributed by atoms with Crippen LogP contribution in [-0.4, -0.2) is 54.7 Å². The third-order valence-electron chi connectivity index (χ3n) is 7.92. The number of nitrogens with one attached hydrogen (secondary N) is 1. The first-order valence-electron chi connectivity index (χ1n) is 12.9. The molecule has 0 saturated carbocycles. The molecule has 2 aromatic carbocycles.